The predicted molar refractivity (Wildman–Crippen MR) is 58.6 cm³/mol. The minimum absolute atomic E-state index is 0.108. The molecule has 5 nitrogen and oxygen atoms in total. The summed E-state index contributed by atoms with van der Waals surface area (Å²) in [6.07, 6.45) is 1.14. The molecule has 1 heterocycles. The molecule has 1 aromatic heterocycles. The number of rotatable bonds is 5. The Morgan fingerprint density at radius 3 is 2.81 bits per heavy atom. The lowest BCUT2D eigenvalue weighted by molar-refractivity contribution is -0.119. The zero-order valence-corrected chi connectivity index (χ0v) is 9.40. The summed E-state index contributed by atoms with van der Waals surface area (Å²) in [6.45, 7) is 5.04. The molecule has 0 aromatic carbocycles. The van der Waals surface area contributed by atoms with Crippen molar-refractivity contribution in [2.75, 3.05) is 24.5 Å². The summed E-state index contributed by atoms with van der Waals surface area (Å²) in [7, 11) is 0. The summed E-state index contributed by atoms with van der Waals surface area (Å²) in [5, 5.41) is 2.68. The standard InChI is InChI=1S/C10H15FN4O/c1-3-12-10(16)6-15(4-2)9-5-8(11)13-7-14-9/h5,7H,3-4,6H2,1-2H3,(H,12,16). The van der Waals surface area contributed by atoms with Crippen molar-refractivity contribution in [1.29, 1.82) is 0 Å². The summed E-state index contributed by atoms with van der Waals surface area (Å²) in [5.74, 6) is -0.288. The average Bonchev–Trinajstić information content (AvgIpc) is 2.26. The second-order valence-corrected chi connectivity index (χ2v) is 3.17. The molecule has 6 heteroatoms. The Bertz CT molecular complexity index is 358. The van der Waals surface area contributed by atoms with Gasteiger partial charge < -0.3 is 10.2 Å². The predicted octanol–water partition coefficient (Wildman–Crippen LogP) is 0.578. The smallest absolute Gasteiger partial charge is 0.239 e. The maximum absolute atomic E-state index is 12.9. The minimum atomic E-state index is -0.598. The van der Waals surface area contributed by atoms with Crippen molar-refractivity contribution >= 4 is 11.7 Å². The Morgan fingerprint density at radius 2 is 2.25 bits per heavy atom. The zero-order valence-electron chi connectivity index (χ0n) is 9.40. The van der Waals surface area contributed by atoms with Crippen LogP contribution < -0.4 is 10.2 Å². The number of carbonyl (C=O) groups excluding carboxylic acids is 1. The first-order valence-corrected chi connectivity index (χ1v) is 5.16. The van der Waals surface area contributed by atoms with E-state index in [1.54, 1.807) is 4.90 Å². The summed E-state index contributed by atoms with van der Waals surface area (Å²) in [6, 6.07) is 1.21. The number of nitrogens with zero attached hydrogens (tertiary/aromatic N) is 3. The largest absolute Gasteiger partial charge is 0.355 e. The van der Waals surface area contributed by atoms with Gasteiger partial charge in [-0.2, -0.15) is 4.39 Å². The topological polar surface area (TPSA) is 58.1 Å². The molecule has 0 saturated heterocycles. The van der Waals surface area contributed by atoms with Gasteiger partial charge in [0.2, 0.25) is 11.9 Å². The van der Waals surface area contributed by atoms with E-state index in [0.717, 1.165) is 6.33 Å². The third-order valence-electron chi connectivity index (χ3n) is 2.03. The van der Waals surface area contributed by atoms with Gasteiger partial charge in [-0.25, -0.2) is 9.97 Å². The summed E-state index contributed by atoms with van der Waals surface area (Å²) in [5.41, 5.74) is 0. The normalized spacial score (nSPS) is 9.94. The molecule has 88 valence electrons. The Hall–Kier alpha value is -1.72. The highest BCUT2D eigenvalue weighted by molar-refractivity contribution is 5.80. The van der Waals surface area contributed by atoms with Gasteiger partial charge in [0.15, 0.2) is 0 Å². The van der Waals surface area contributed by atoms with Crippen LogP contribution in [0.15, 0.2) is 12.4 Å². The van der Waals surface area contributed by atoms with Crippen LogP contribution in [0.3, 0.4) is 0 Å². The maximum atomic E-state index is 12.9. The quantitative estimate of drug-likeness (QED) is 0.746. The zero-order chi connectivity index (χ0) is 12.0. The van der Waals surface area contributed by atoms with Crippen molar-refractivity contribution in [3.8, 4) is 0 Å². The van der Waals surface area contributed by atoms with Crippen LogP contribution in [-0.4, -0.2) is 35.5 Å². The Labute approximate surface area is 93.7 Å². The molecule has 0 saturated carbocycles. The van der Waals surface area contributed by atoms with Crippen molar-refractivity contribution in [3.63, 3.8) is 0 Å². The third-order valence-corrected chi connectivity index (χ3v) is 2.03. The molecular formula is C10H15FN4O. The van der Waals surface area contributed by atoms with E-state index < -0.39 is 5.95 Å². The fraction of sp³-hybridized carbons (Fsp3) is 0.500. The molecule has 0 aliphatic rings. The van der Waals surface area contributed by atoms with E-state index in [-0.39, 0.29) is 12.5 Å². The number of hydrogen-bond donors (Lipinski definition) is 1. The first kappa shape index (κ1) is 12.4. The molecule has 0 fully saturated rings. The highest BCUT2D eigenvalue weighted by Gasteiger charge is 2.11. The van der Waals surface area contributed by atoms with Gasteiger partial charge in [-0.05, 0) is 13.8 Å². The van der Waals surface area contributed by atoms with Crippen LogP contribution in [0.25, 0.3) is 0 Å². The van der Waals surface area contributed by atoms with Crippen LogP contribution >= 0.6 is 0 Å². The monoisotopic (exact) mass is 226 g/mol. The first-order valence-electron chi connectivity index (χ1n) is 5.16. The lowest BCUT2D eigenvalue weighted by Crippen LogP contribution is -2.37. The first-order chi connectivity index (χ1) is 7.67. The molecule has 1 amide bonds. The van der Waals surface area contributed by atoms with Gasteiger partial charge in [-0.3, -0.25) is 4.79 Å². The number of carbonyl (C=O) groups is 1. The number of amides is 1. The van der Waals surface area contributed by atoms with E-state index in [2.05, 4.69) is 15.3 Å². The van der Waals surface area contributed by atoms with Crippen molar-refractivity contribution in [1.82, 2.24) is 15.3 Å². The molecule has 0 unspecified atom stereocenters. The van der Waals surface area contributed by atoms with Crippen molar-refractivity contribution in [2.45, 2.75) is 13.8 Å². The van der Waals surface area contributed by atoms with Crippen molar-refractivity contribution in [3.05, 3.63) is 18.3 Å². The second-order valence-electron chi connectivity index (χ2n) is 3.17. The van der Waals surface area contributed by atoms with Gasteiger partial charge in [0, 0.05) is 19.2 Å². The minimum Gasteiger partial charge on any atom is -0.355 e. The van der Waals surface area contributed by atoms with E-state index in [4.69, 9.17) is 0 Å². The Kier molecular flexibility index (Phi) is 4.63. The van der Waals surface area contributed by atoms with Crippen LogP contribution in [0.5, 0.6) is 0 Å². The third kappa shape index (κ3) is 3.45. The molecule has 0 aliphatic heterocycles. The van der Waals surface area contributed by atoms with Gasteiger partial charge in [-0.15, -0.1) is 0 Å². The molecule has 0 bridgehead atoms. The number of hydrogen-bond acceptors (Lipinski definition) is 4. The summed E-state index contributed by atoms with van der Waals surface area (Å²) < 4.78 is 12.9. The fourth-order valence-electron chi connectivity index (χ4n) is 1.28. The SMILES string of the molecule is CCNC(=O)CN(CC)c1cc(F)ncn1. The van der Waals surface area contributed by atoms with Crippen molar-refractivity contribution < 1.29 is 9.18 Å². The van der Waals surface area contributed by atoms with E-state index >= 15 is 0 Å². The molecule has 16 heavy (non-hydrogen) atoms. The van der Waals surface area contributed by atoms with Gasteiger partial charge in [0.1, 0.15) is 12.1 Å². The van der Waals surface area contributed by atoms with E-state index in [0.29, 0.717) is 18.9 Å². The molecule has 0 aliphatic carbocycles. The lowest BCUT2D eigenvalue weighted by atomic mass is 10.4. The molecule has 1 aromatic rings. The van der Waals surface area contributed by atoms with E-state index in [9.17, 15) is 9.18 Å². The molecule has 0 atom stereocenters. The van der Waals surface area contributed by atoms with Crippen molar-refractivity contribution in [2.24, 2.45) is 0 Å². The molecule has 0 radical (unpaired) electrons. The van der Waals surface area contributed by atoms with Gasteiger partial charge >= 0.3 is 0 Å². The molecule has 0 spiro atoms. The number of nitrogens with one attached hydrogen (secondary N) is 1. The Balaban J connectivity index is 2.70. The van der Waals surface area contributed by atoms with E-state index in [1.807, 2.05) is 13.8 Å². The summed E-state index contributed by atoms with van der Waals surface area (Å²) >= 11 is 0. The highest BCUT2D eigenvalue weighted by Crippen LogP contribution is 2.09. The summed E-state index contributed by atoms with van der Waals surface area (Å²) in [4.78, 5) is 20.3. The number of aromatic nitrogens is 2. The average molecular weight is 226 g/mol. The lowest BCUT2D eigenvalue weighted by Gasteiger charge is -2.20. The maximum Gasteiger partial charge on any atom is 0.239 e. The molecule has 1 rings (SSSR count). The Morgan fingerprint density at radius 1 is 1.50 bits per heavy atom. The highest BCUT2D eigenvalue weighted by atomic mass is 19.1. The van der Waals surface area contributed by atoms with Crippen LogP contribution in [0.4, 0.5) is 10.2 Å². The van der Waals surface area contributed by atoms with Gasteiger partial charge in [0.05, 0.1) is 6.54 Å². The van der Waals surface area contributed by atoms with E-state index in [1.165, 1.54) is 6.07 Å². The van der Waals surface area contributed by atoms with Crippen LogP contribution in [0.2, 0.25) is 0 Å². The number of likely N-dealkylation sites (N-methyl/N-ethyl adjacent to an activating group) is 2. The number of anilines is 1. The molecular weight excluding hydrogens is 211 g/mol. The van der Waals surface area contributed by atoms with Crippen LogP contribution in [0, 0.1) is 5.95 Å². The van der Waals surface area contributed by atoms with Gasteiger partial charge in [-0.1, -0.05) is 0 Å². The van der Waals surface area contributed by atoms with Crippen LogP contribution in [-0.2, 0) is 4.79 Å². The van der Waals surface area contributed by atoms with Crippen LogP contribution in [0.1, 0.15) is 13.8 Å². The second kappa shape index (κ2) is 5.99. The van der Waals surface area contributed by atoms with Gasteiger partial charge in [0.25, 0.3) is 0 Å². The number of halogens is 1. The molecule has 1 N–H and O–H groups in total. The fourth-order valence-corrected chi connectivity index (χ4v) is 1.28.